The van der Waals surface area contributed by atoms with Gasteiger partial charge in [-0.1, -0.05) is 13.8 Å². The summed E-state index contributed by atoms with van der Waals surface area (Å²) in [5, 5.41) is 0. The first kappa shape index (κ1) is 6.05. The van der Waals surface area contributed by atoms with Crippen molar-refractivity contribution in [1.82, 2.24) is 0 Å². The van der Waals surface area contributed by atoms with Crippen molar-refractivity contribution < 1.29 is 9.47 Å². The molecule has 2 heteroatoms. The SMILES string of the molecule is C[C](C)C1OCCO1. The van der Waals surface area contributed by atoms with E-state index in [1.165, 1.54) is 5.92 Å². The molecule has 0 spiro atoms. The van der Waals surface area contributed by atoms with Crippen molar-refractivity contribution in [2.75, 3.05) is 13.2 Å². The van der Waals surface area contributed by atoms with Gasteiger partial charge in [0.1, 0.15) is 0 Å². The van der Waals surface area contributed by atoms with Crippen molar-refractivity contribution >= 4 is 0 Å². The van der Waals surface area contributed by atoms with E-state index in [9.17, 15) is 0 Å². The van der Waals surface area contributed by atoms with E-state index in [-0.39, 0.29) is 6.29 Å². The van der Waals surface area contributed by atoms with Gasteiger partial charge in [-0.3, -0.25) is 0 Å². The molecular weight excluding hydrogens is 104 g/mol. The van der Waals surface area contributed by atoms with Crippen LogP contribution in [0.25, 0.3) is 0 Å². The normalized spacial score (nSPS) is 22.9. The van der Waals surface area contributed by atoms with Crippen LogP contribution in [0, 0.1) is 5.92 Å². The van der Waals surface area contributed by atoms with Crippen LogP contribution in [0.15, 0.2) is 0 Å². The van der Waals surface area contributed by atoms with Crippen molar-refractivity contribution in [3.8, 4) is 0 Å². The van der Waals surface area contributed by atoms with Gasteiger partial charge in [0, 0.05) is 5.92 Å². The van der Waals surface area contributed by atoms with Crippen molar-refractivity contribution in [3.05, 3.63) is 5.92 Å². The molecule has 0 aliphatic carbocycles. The third-order valence-corrected chi connectivity index (χ3v) is 1.09. The lowest BCUT2D eigenvalue weighted by Crippen LogP contribution is -2.12. The molecule has 1 aliphatic heterocycles. The molecule has 1 radical (unpaired) electrons. The van der Waals surface area contributed by atoms with Crippen LogP contribution in [-0.2, 0) is 9.47 Å². The van der Waals surface area contributed by atoms with Gasteiger partial charge >= 0.3 is 0 Å². The molecule has 47 valence electrons. The van der Waals surface area contributed by atoms with Gasteiger partial charge in [0.15, 0.2) is 6.29 Å². The molecule has 0 aromatic rings. The Bertz CT molecular complexity index is 64.9. The van der Waals surface area contributed by atoms with E-state index in [1.807, 2.05) is 13.8 Å². The fraction of sp³-hybridized carbons (Fsp3) is 0.833. The van der Waals surface area contributed by atoms with Crippen LogP contribution in [0.3, 0.4) is 0 Å². The molecule has 1 rings (SSSR count). The smallest absolute Gasteiger partial charge is 0.163 e. The maximum absolute atomic E-state index is 5.16. The molecule has 2 nitrogen and oxygen atoms in total. The Morgan fingerprint density at radius 2 is 1.75 bits per heavy atom. The number of hydrogen-bond donors (Lipinski definition) is 0. The average molecular weight is 115 g/mol. The second kappa shape index (κ2) is 2.46. The van der Waals surface area contributed by atoms with Gasteiger partial charge in [-0.05, 0) is 0 Å². The van der Waals surface area contributed by atoms with Gasteiger partial charge in [-0.15, -0.1) is 0 Å². The monoisotopic (exact) mass is 115 g/mol. The van der Waals surface area contributed by atoms with Crippen LogP contribution in [0.4, 0.5) is 0 Å². The van der Waals surface area contributed by atoms with E-state index in [1.54, 1.807) is 0 Å². The fourth-order valence-corrected chi connectivity index (χ4v) is 0.692. The summed E-state index contributed by atoms with van der Waals surface area (Å²) in [5.74, 6) is 1.20. The van der Waals surface area contributed by atoms with Crippen molar-refractivity contribution in [3.63, 3.8) is 0 Å². The predicted octanol–water partition coefficient (Wildman–Crippen LogP) is 0.974. The minimum atomic E-state index is -0.0185. The Hall–Kier alpha value is -0.0800. The molecule has 1 fully saturated rings. The minimum absolute atomic E-state index is 0.0185. The van der Waals surface area contributed by atoms with Gasteiger partial charge in [-0.2, -0.15) is 0 Å². The summed E-state index contributed by atoms with van der Waals surface area (Å²) in [4.78, 5) is 0. The van der Waals surface area contributed by atoms with Crippen LogP contribution < -0.4 is 0 Å². The van der Waals surface area contributed by atoms with Crippen molar-refractivity contribution in [1.29, 1.82) is 0 Å². The maximum atomic E-state index is 5.16. The second-order valence-corrected chi connectivity index (χ2v) is 2.15. The Labute approximate surface area is 49.8 Å². The fourth-order valence-electron chi connectivity index (χ4n) is 0.692. The third kappa shape index (κ3) is 1.20. The molecule has 0 saturated carbocycles. The van der Waals surface area contributed by atoms with E-state index in [4.69, 9.17) is 9.47 Å². The lowest BCUT2D eigenvalue weighted by atomic mass is 10.2. The molecule has 0 N–H and O–H groups in total. The summed E-state index contributed by atoms with van der Waals surface area (Å²) in [7, 11) is 0. The van der Waals surface area contributed by atoms with E-state index < -0.39 is 0 Å². The third-order valence-electron chi connectivity index (χ3n) is 1.09. The van der Waals surface area contributed by atoms with Crippen molar-refractivity contribution in [2.45, 2.75) is 20.1 Å². The number of hydrogen-bond acceptors (Lipinski definition) is 2. The Morgan fingerprint density at radius 1 is 1.25 bits per heavy atom. The summed E-state index contributed by atoms with van der Waals surface area (Å²) < 4.78 is 10.3. The summed E-state index contributed by atoms with van der Waals surface area (Å²) in [6.45, 7) is 5.51. The molecule has 0 aromatic carbocycles. The van der Waals surface area contributed by atoms with E-state index in [0.29, 0.717) is 0 Å². The van der Waals surface area contributed by atoms with E-state index >= 15 is 0 Å². The summed E-state index contributed by atoms with van der Waals surface area (Å²) in [6, 6.07) is 0. The average Bonchev–Trinajstić information content (AvgIpc) is 2.12. The Balaban J connectivity index is 2.24. The highest BCUT2D eigenvalue weighted by Crippen LogP contribution is 2.14. The number of ether oxygens (including phenoxy) is 2. The van der Waals surface area contributed by atoms with Gasteiger partial charge in [0.2, 0.25) is 0 Å². The maximum Gasteiger partial charge on any atom is 0.163 e. The van der Waals surface area contributed by atoms with Gasteiger partial charge in [-0.25, -0.2) is 0 Å². The van der Waals surface area contributed by atoms with Gasteiger partial charge in [0.25, 0.3) is 0 Å². The molecule has 1 saturated heterocycles. The Kier molecular flexibility index (Phi) is 1.86. The zero-order chi connectivity index (χ0) is 5.98. The first-order valence-corrected chi connectivity index (χ1v) is 2.84. The topological polar surface area (TPSA) is 18.5 Å². The van der Waals surface area contributed by atoms with Gasteiger partial charge in [0.05, 0.1) is 13.2 Å². The molecule has 1 heterocycles. The summed E-state index contributed by atoms with van der Waals surface area (Å²) >= 11 is 0. The molecule has 0 aromatic heterocycles. The molecular formula is C6H11O2. The minimum Gasteiger partial charge on any atom is -0.350 e. The first-order valence-electron chi connectivity index (χ1n) is 2.84. The lowest BCUT2D eigenvalue weighted by molar-refractivity contribution is -0.0274. The summed E-state index contributed by atoms with van der Waals surface area (Å²) in [6.07, 6.45) is -0.0185. The van der Waals surface area contributed by atoms with E-state index in [2.05, 4.69) is 0 Å². The van der Waals surface area contributed by atoms with Crippen molar-refractivity contribution in [2.24, 2.45) is 0 Å². The molecule has 1 aliphatic rings. The largest absolute Gasteiger partial charge is 0.350 e. The Morgan fingerprint density at radius 3 is 2.00 bits per heavy atom. The quantitative estimate of drug-likeness (QED) is 0.507. The molecule has 0 unspecified atom stereocenters. The first-order chi connectivity index (χ1) is 3.80. The predicted molar refractivity (Wildman–Crippen MR) is 30.3 cm³/mol. The molecule has 0 atom stereocenters. The van der Waals surface area contributed by atoms with Gasteiger partial charge < -0.3 is 9.47 Å². The molecule has 0 amide bonds. The number of rotatable bonds is 1. The van der Waals surface area contributed by atoms with Crippen LogP contribution in [0.1, 0.15) is 13.8 Å². The van der Waals surface area contributed by atoms with Crippen LogP contribution >= 0.6 is 0 Å². The standard InChI is InChI=1S/C6H11O2/c1-5(2)6-7-3-4-8-6/h6H,3-4H2,1-2H3. The second-order valence-electron chi connectivity index (χ2n) is 2.15. The zero-order valence-corrected chi connectivity index (χ0v) is 5.31. The highest BCUT2D eigenvalue weighted by Gasteiger charge is 2.19. The highest BCUT2D eigenvalue weighted by molar-refractivity contribution is 4.83. The van der Waals surface area contributed by atoms with Crippen LogP contribution in [-0.4, -0.2) is 19.5 Å². The zero-order valence-electron chi connectivity index (χ0n) is 5.31. The van der Waals surface area contributed by atoms with Crippen LogP contribution in [0.5, 0.6) is 0 Å². The van der Waals surface area contributed by atoms with E-state index in [0.717, 1.165) is 13.2 Å². The van der Waals surface area contributed by atoms with Crippen LogP contribution in [0.2, 0.25) is 0 Å². The molecule has 8 heavy (non-hydrogen) atoms. The highest BCUT2D eigenvalue weighted by atomic mass is 16.7. The lowest BCUT2D eigenvalue weighted by Gasteiger charge is -2.10. The molecule has 0 bridgehead atoms. The summed E-state index contributed by atoms with van der Waals surface area (Å²) in [5.41, 5.74) is 0.